The number of nitrogens with zero attached hydrogens (tertiary/aromatic N) is 1. The lowest BCUT2D eigenvalue weighted by Crippen LogP contribution is -2.34. The molecule has 1 rings (SSSR count). The normalized spacial score (nSPS) is 16.3. The first-order chi connectivity index (χ1) is 7.27. The molecule has 0 aromatic heterocycles. The maximum Gasteiger partial charge on any atom is 0.223 e. The van der Waals surface area contributed by atoms with Crippen molar-refractivity contribution >= 4 is 5.91 Å². The van der Waals surface area contributed by atoms with E-state index in [0.717, 1.165) is 32.5 Å². The minimum atomic E-state index is 0.325. The Hall–Kier alpha value is -0.570. The number of nitrogens with one attached hydrogen (secondary N) is 1. The van der Waals surface area contributed by atoms with Crippen molar-refractivity contribution in [2.75, 3.05) is 19.6 Å². The predicted molar refractivity (Wildman–Crippen MR) is 62.8 cm³/mol. The Kier molecular flexibility index (Phi) is 5.69. The van der Waals surface area contributed by atoms with E-state index in [1.807, 2.05) is 4.90 Å². The highest BCUT2D eigenvalue weighted by Gasteiger charge is 2.17. The summed E-state index contributed by atoms with van der Waals surface area (Å²) in [6.07, 6.45) is 5.33. The van der Waals surface area contributed by atoms with E-state index in [1.165, 1.54) is 12.8 Å². The second kappa shape index (κ2) is 6.83. The minimum Gasteiger partial charge on any atom is -0.343 e. The van der Waals surface area contributed by atoms with E-state index in [9.17, 15) is 4.79 Å². The van der Waals surface area contributed by atoms with Gasteiger partial charge in [0.05, 0.1) is 0 Å². The van der Waals surface area contributed by atoms with Gasteiger partial charge in [-0.15, -0.1) is 0 Å². The van der Waals surface area contributed by atoms with Gasteiger partial charge in [-0.1, -0.05) is 13.8 Å². The Morgan fingerprint density at radius 2 is 1.87 bits per heavy atom. The van der Waals surface area contributed by atoms with Gasteiger partial charge in [-0.05, 0) is 25.7 Å². The fraction of sp³-hybridized carbons (Fsp3) is 0.917. The van der Waals surface area contributed by atoms with Crippen molar-refractivity contribution in [3.63, 3.8) is 0 Å². The first-order valence-corrected chi connectivity index (χ1v) is 6.29. The van der Waals surface area contributed by atoms with E-state index in [1.54, 1.807) is 0 Å². The Morgan fingerprint density at radius 3 is 2.40 bits per heavy atom. The summed E-state index contributed by atoms with van der Waals surface area (Å²) in [6.45, 7) is 7.15. The van der Waals surface area contributed by atoms with Crippen LogP contribution in [0.25, 0.3) is 0 Å². The molecule has 88 valence electrons. The van der Waals surface area contributed by atoms with Gasteiger partial charge in [0.25, 0.3) is 0 Å². The van der Waals surface area contributed by atoms with E-state index in [4.69, 9.17) is 0 Å². The molecule has 0 aromatic carbocycles. The largest absolute Gasteiger partial charge is 0.343 e. The van der Waals surface area contributed by atoms with Crippen LogP contribution in [0.4, 0.5) is 0 Å². The third-order valence-electron chi connectivity index (χ3n) is 3.22. The van der Waals surface area contributed by atoms with Gasteiger partial charge >= 0.3 is 0 Å². The molecular weight excluding hydrogens is 188 g/mol. The van der Waals surface area contributed by atoms with Crippen molar-refractivity contribution < 1.29 is 4.79 Å². The van der Waals surface area contributed by atoms with E-state index < -0.39 is 0 Å². The summed E-state index contributed by atoms with van der Waals surface area (Å²) in [5.74, 6) is 0.325. The van der Waals surface area contributed by atoms with Crippen LogP contribution in [0.15, 0.2) is 0 Å². The number of hydrogen-bond donors (Lipinski definition) is 1. The first-order valence-electron chi connectivity index (χ1n) is 6.29. The van der Waals surface area contributed by atoms with E-state index in [-0.39, 0.29) is 0 Å². The number of amides is 1. The molecule has 0 bridgehead atoms. The van der Waals surface area contributed by atoms with Crippen LogP contribution in [-0.4, -0.2) is 36.5 Å². The molecule has 1 aliphatic rings. The van der Waals surface area contributed by atoms with Gasteiger partial charge < -0.3 is 10.2 Å². The quantitative estimate of drug-likeness (QED) is 0.728. The van der Waals surface area contributed by atoms with E-state index in [2.05, 4.69) is 19.2 Å². The summed E-state index contributed by atoms with van der Waals surface area (Å²) < 4.78 is 0. The first kappa shape index (κ1) is 12.5. The summed E-state index contributed by atoms with van der Waals surface area (Å²) in [7, 11) is 0. The molecule has 15 heavy (non-hydrogen) atoms. The molecule has 0 atom stereocenters. The van der Waals surface area contributed by atoms with Gasteiger partial charge in [-0.2, -0.15) is 0 Å². The average Bonchev–Trinajstić information content (AvgIpc) is 2.77. The van der Waals surface area contributed by atoms with Crippen molar-refractivity contribution in [3.8, 4) is 0 Å². The smallest absolute Gasteiger partial charge is 0.223 e. The Bertz CT molecular complexity index is 184. The molecule has 0 unspecified atom stereocenters. The second-order valence-corrected chi connectivity index (χ2v) is 4.31. The lowest BCUT2D eigenvalue weighted by Gasteiger charge is -2.17. The van der Waals surface area contributed by atoms with E-state index >= 15 is 0 Å². The third-order valence-corrected chi connectivity index (χ3v) is 3.22. The molecule has 0 spiro atoms. The molecule has 1 amide bonds. The monoisotopic (exact) mass is 212 g/mol. The molecule has 1 fully saturated rings. The Balaban J connectivity index is 2.10. The van der Waals surface area contributed by atoms with Crippen LogP contribution >= 0.6 is 0 Å². The molecule has 1 heterocycles. The maximum atomic E-state index is 11.7. The molecule has 0 aliphatic carbocycles. The van der Waals surface area contributed by atoms with Crippen LogP contribution in [0.5, 0.6) is 0 Å². The van der Waals surface area contributed by atoms with Crippen LogP contribution in [0, 0.1) is 0 Å². The summed E-state index contributed by atoms with van der Waals surface area (Å²) >= 11 is 0. The van der Waals surface area contributed by atoms with Crippen LogP contribution in [0.1, 0.15) is 46.0 Å². The Morgan fingerprint density at radius 1 is 1.27 bits per heavy atom. The molecule has 3 nitrogen and oxygen atoms in total. The SMILES string of the molecule is CCC(CC)NCCC(=O)N1CCCC1. The van der Waals surface area contributed by atoms with Crippen LogP contribution in [0.2, 0.25) is 0 Å². The molecule has 0 saturated carbocycles. The number of carbonyl (C=O) groups excluding carboxylic acids is 1. The van der Waals surface area contributed by atoms with Crippen molar-refractivity contribution in [2.24, 2.45) is 0 Å². The van der Waals surface area contributed by atoms with Gasteiger partial charge in [0.2, 0.25) is 5.91 Å². The fourth-order valence-corrected chi connectivity index (χ4v) is 2.09. The summed E-state index contributed by atoms with van der Waals surface area (Å²) in [6, 6.07) is 0.580. The summed E-state index contributed by atoms with van der Waals surface area (Å²) in [4.78, 5) is 13.7. The van der Waals surface area contributed by atoms with Crippen LogP contribution in [-0.2, 0) is 4.79 Å². The van der Waals surface area contributed by atoms with Crippen LogP contribution in [0.3, 0.4) is 0 Å². The standard InChI is InChI=1S/C12H24N2O/c1-3-11(4-2)13-8-7-12(15)14-9-5-6-10-14/h11,13H,3-10H2,1-2H3. The molecule has 0 aromatic rings. The highest BCUT2D eigenvalue weighted by atomic mass is 16.2. The topological polar surface area (TPSA) is 32.3 Å². The average molecular weight is 212 g/mol. The molecule has 1 aliphatic heterocycles. The van der Waals surface area contributed by atoms with Gasteiger partial charge in [0.1, 0.15) is 0 Å². The number of carbonyl (C=O) groups is 1. The lowest BCUT2D eigenvalue weighted by molar-refractivity contribution is -0.130. The summed E-state index contributed by atoms with van der Waals surface area (Å²) in [5, 5.41) is 3.43. The fourth-order valence-electron chi connectivity index (χ4n) is 2.09. The molecule has 1 N–H and O–H groups in total. The zero-order valence-electron chi connectivity index (χ0n) is 10.1. The Labute approximate surface area is 93.2 Å². The highest BCUT2D eigenvalue weighted by molar-refractivity contribution is 5.76. The van der Waals surface area contributed by atoms with Crippen molar-refractivity contribution in [2.45, 2.75) is 52.0 Å². The molecule has 3 heteroatoms. The van der Waals surface area contributed by atoms with Gasteiger partial charge in [0.15, 0.2) is 0 Å². The lowest BCUT2D eigenvalue weighted by atomic mass is 10.2. The van der Waals surface area contributed by atoms with Crippen molar-refractivity contribution in [1.82, 2.24) is 10.2 Å². The van der Waals surface area contributed by atoms with Gasteiger partial charge in [-0.25, -0.2) is 0 Å². The predicted octanol–water partition coefficient (Wildman–Crippen LogP) is 1.78. The van der Waals surface area contributed by atoms with Gasteiger partial charge in [0, 0.05) is 32.1 Å². The number of likely N-dealkylation sites (tertiary alicyclic amines) is 1. The van der Waals surface area contributed by atoms with Gasteiger partial charge in [-0.3, -0.25) is 4.79 Å². The molecule has 1 saturated heterocycles. The van der Waals surface area contributed by atoms with Crippen molar-refractivity contribution in [3.05, 3.63) is 0 Å². The van der Waals surface area contributed by atoms with Crippen molar-refractivity contribution in [1.29, 1.82) is 0 Å². The third kappa shape index (κ3) is 4.20. The summed E-state index contributed by atoms with van der Waals surface area (Å²) in [5.41, 5.74) is 0. The zero-order chi connectivity index (χ0) is 11.1. The number of hydrogen-bond acceptors (Lipinski definition) is 2. The number of rotatable bonds is 6. The van der Waals surface area contributed by atoms with Crippen LogP contribution < -0.4 is 5.32 Å². The minimum absolute atomic E-state index is 0.325. The second-order valence-electron chi connectivity index (χ2n) is 4.31. The molecular formula is C12H24N2O. The highest BCUT2D eigenvalue weighted by Crippen LogP contribution is 2.08. The molecule has 0 radical (unpaired) electrons. The maximum absolute atomic E-state index is 11.7. The van der Waals surface area contributed by atoms with E-state index in [0.29, 0.717) is 18.4 Å². The zero-order valence-corrected chi connectivity index (χ0v) is 10.1.